The maximum Gasteiger partial charge on any atom is 0.210 e. The Bertz CT molecular complexity index is 479. The van der Waals surface area contributed by atoms with E-state index in [-0.39, 0.29) is 18.1 Å². The summed E-state index contributed by atoms with van der Waals surface area (Å²) in [6.45, 7) is 4.59. The van der Waals surface area contributed by atoms with Crippen LogP contribution in [0.2, 0.25) is 0 Å². The largest absolute Gasteiger partial charge is 0.340 e. The summed E-state index contributed by atoms with van der Waals surface area (Å²) in [7, 11) is 0. The Morgan fingerprint density at radius 1 is 1.40 bits per heavy atom. The molecular weight excluding hydrogens is 262 g/mol. The highest BCUT2D eigenvalue weighted by molar-refractivity contribution is 5.48. The van der Waals surface area contributed by atoms with Crippen LogP contribution in [-0.4, -0.2) is 29.9 Å². The van der Waals surface area contributed by atoms with E-state index in [0.29, 0.717) is 18.5 Å². The second kappa shape index (κ2) is 6.31. The van der Waals surface area contributed by atoms with Crippen molar-refractivity contribution in [3.63, 3.8) is 0 Å². The van der Waals surface area contributed by atoms with Gasteiger partial charge in [0.15, 0.2) is 0 Å². The van der Waals surface area contributed by atoms with E-state index in [0.717, 1.165) is 25.0 Å². The molecule has 1 aromatic rings. The van der Waals surface area contributed by atoms with Gasteiger partial charge in [0.25, 0.3) is 0 Å². The number of benzene rings is 1. The maximum atomic E-state index is 13.8. The molecule has 1 saturated heterocycles. The van der Waals surface area contributed by atoms with Gasteiger partial charge in [0.1, 0.15) is 11.6 Å². The van der Waals surface area contributed by atoms with Crippen LogP contribution in [0.5, 0.6) is 0 Å². The summed E-state index contributed by atoms with van der Waals surface area (Å²) < 4.78 is 27.1. The quantitative estimate of drug-likeness (QED) is 0.861. The highest BCUT2D eigenvalue weighted by atomic mass is 19.1. The third-order valence-corrected chi connectivity index (χ3v) is 3.85. The molecule has 5 heteroatoms. The monoisotopic (exact) mass is 282 g/mol. The van der Waals surface area contributed by atoms with Crippen molar-refractivity contribution in [1.29, 1.82) is 0 Å². The zero-order valence-corrected chi connectivity index (χ0v) is 11.8. The summed E-state index contributed by atoms with van der Waals surface area (Å²) >= 11 is 0. The molecule has 0 radical (unpaired) electrons. The molecule has 1 aliphatic heterocycles. The molecule has 2 atom stereocenters. The average Bonchev–Trinajstić information content (AvgIpc) is 2.42. The number of hydrogen-bond acceptors (Lipinski definition) is 2. The van der Waals surface area contributed by atoms with E-state index in [1.807, 2.05) is 13.8 Å². The van der Waals surface area contributed by atoms with Crippen LogP contribution >= 0.6 is 0 Å². The normalized spacial score (nSPS) is 22.9. The second-order valence-corrected chi connectivity index (χ2v) is 5.50. The highest BCUT2D eigenvalue weighted by Gasteiger charge is 2.29. The Morgan fingerprint density at radius 2 is 2.15 bits per heavy atom. The number of halogens is 2. The lowest BCUT2D eigenvalue weighted by Crippen LogP contribution is -2.46. The summed E-state index contributed by atoms with van der Waals surface area (Å²) in [5, 5.41) is 3.20. The molecule has 20 heavy (non-hydrogen) atoms. The first kappa shape index (κ1) is 14.9. The zero-order valence-electron chi connectivity index (χ0n) is 11.8. The predicted molar refractivity (Wildman–Crippen MR) is 73.2 cm³/mol. The van der Waals surface area contributed by atoms with E-state index < -0.39 is 11.6 Å². The van der Waals surface area contributed by atoms with Crippen molar-refractivity contribution in [1.82, 2.24) is 10.2 Å². The van der Waals surface area contributed by atoms with Gasteiger partial charge in [0.05, 0.1) is 0 Å². The van der Waals surface area contributed by atoms with Gasteiger partial charge in [-0.05, 0) is 51.4 Å². The van der Waals surface area contributed by atoms with E-state index in [9.17, 15) is 13.6 Å². The van der Waals surface area contributed by atoms with Gasteiger partial charge in [0.2, 0.25) is 6.41 Å². The third kappa shape index (κ3) is 3.15. The lowest BCUT2D eigenvalue weighted by molar-refractivity contribution is -0.122. The number of hydrogen-bond donors (Lipinski definition) is 1. The molecule has 1 fully saturated rings. The van der Waals surface area contributed by atoms with Crippen molar-refractivity contribution in [3.8, 4) is 0 Å². The fourth-order valence-corrected chi connectivity index (χ4v) is 2.82. The molecule has 2 rings (SSSR count). The molecule has 1 heterocycles. The van der Waals surface area contributed by atoms with Gasteiger partial charge < -0.3 is 10.2 Å². The molecule has 0 spiro atoms. The van der Waals surface area contributed by atoms with Gasteiger partial charge >= 0.3 is 0 Å². The number of amides is 1. The van der Waals surface area contributed by atoms with Crippen LogP contribution in [0.4, 0.5) is 8.78 Å². The number of carbonyl (C=O) groups excluding carboxylic acids is 1. The number of rotatable bonds is 4. The minimum atomic E-state index is -0.443. The minimum Gasteiger partial charge on any atom is -0.340 e. The smallest absolute Gasteiger partial charge is 0.210 e. The molecule has 0 bridgehead atoms. The van der Waals surface area contributed by atoms with Gasteiger partial charge in [-0.1, -0.05) is 0 Å². The number of carbonyl (C=O) groups is 1. The number of nitrogens with one attached hydrogen (secondary N) is 1. The molecule has 2 unspecified atom stereocenters. The van der Waals surface area contributed by atoms with Crippen molar-refractivity contribution in [2.75, 3.05) is 6.54 Å². The Labute approximate surface area is 118 Å². The van der Waals surface area contributed by atoms with Crippen LogP contribution in [0.1, 0.15) is 38.3 Å². The van der Waals surface area contributed by atoms with Crippen molar-refractivity contribution in [3.05, 3.63) is 35.4 Å². The van der Waals surface area contributed by atoms with Gasteiger partial charge in [-0.3, -0.25) is 4.79 Å². The summed E-state index contributed by atoms with van der Waals surface area (Å²) in [4.78, 5) is 12.9. The molecular formula is C15H20F2N2O. The summed E-state index contributed by atoms with van der Waals surface area (Å²) in [6, 6.07) is 3.40. The molecule has 1 aliphatic rings. The maximum absolute atomic E-state index is 13.8. The van der Waals surface area contributed by atoms with Crippen LogP contribution in [0, 0.1) is 11.6 Å². The van der Waals surface area contributed by atoms with Gasteiger partial charge in [-0.2, -0.15) is 0 Å². The third-order valence-electron chi connectivity index (χ3n) is 3.85. The minimum absolute atomic E-state index is 0.0569. The summed E-state index contributed by atoms with van der Waals surface area (Å²) in [5.74, 6) is -0.854. The van der Waals surface area contributed by atoms with E-state index >= 15 is 0 Å². The Hall–Kier alpha value is -1.49. The van der Waals surface area contributed by atoms with Crippen LogP contribution in [-0.2, 0) is 4.79 Å². The first-order valence-corrected chi connectivity index (χ1v) is 6.94. The van der Waals surface area contributed by atoms with Crippen LogP contribution < -0.4 is 5.32 Å². The van der Waals surface area contributed by atoms with E-state index in [2.05, 4.69) is 5.32 Å². The van der Waals surface area contributed by atoms with E-state index in [1.54, 1.807) is 4.90 Å². The second-order valence-electron chi connectivity index (χ2n) is 5.50. The standard InChI is InChI=1S/C15H20F2N2O/c1-10(2)19(9-20)12-5-6-18-15(8-12)13-7-11(16)3-4-14(13)17/h3-4,7,9-10,12,15,18H,5-6,8H2,1-2H3. The Morgan fingerprint density at radius 3 is 2.80 bits per heavy atom. The fraction of sp³-hybridized carbons (Fsp3) is 0.533. The predicted octanol–water partition coefficient (Wildman–Crippen LogP) is 2.62. The van der Waals surface area contributed by atoms with Crippen LogP contribution in [0.3, 0.4) is 0 Å². The molecule has 1 N–H and O–H groups in total. The lowest BCUT2D eigenvalue weighted by atomic mass is 9.92. The first-order chi connectivity index (χ1) is 9.52. The fourth-order valence-electron chi connectivity index (χ4n) is 2.82. The SMILES string of the molecule is CC(C)N(C=O)C1CCNC(c2cc(F)ccc2F)C1. The summed E-state index contributed by atoms with van der Waals surface area (Å²) in [5.41, 5.74) is 0.337. The first-order valence-electron chi connectivity index (χ1n) is 6.94. The average molecular weight is 282 g/mol. The highest BCUT2D eigenvalue weighted by Crippen LogP contribution is 2.28. The zero-order chi connectivity index (χ0) is 14.7. The molecule has 0 aromatic heterocycles. The van der Waals surface area contributed by atoms with Crippen molar-refractivity contribution >= 4 is 6.41 Å². The lowest BCUT2D eigenvalue weighted by Gasteiger charge is -2.38. The molecule has 1 amide bonds. The van der Waals surface area contributed by atoms with Crippen molar-refractivity contribution in [2.45, 2.75) is 44.8 Å². The van der Waals surface area contributed by atoms with Crippen molar-refractivity contribution in [2.24, 2.45) is 0 Å². The van der Waals surface area contributed by atoms with Gasteiger partial charge in [-0.25, -0.2) is 8.78 Å². The molecule has 110 valence electrons. The topological polar surface area (TPSA) is 32.3 Å². The molecule has 1 aromatic carbocycles. The molecule has 0 aliphatic carbocycles. The van der Waals surface area contributed by atoms with E-state index in [1.165, 1.54) is 6.07 Å². The Kier molecular flexibility index (Phi) is 4.70. The Balaban J connectivity index is 2.18. The summed E-state index contributed by atoms with van der Waals surface area (Å²) in [6.07, 6.45) is 2.27. The van der Waals surface area contributed by atoms with Crippen LogP contribution in [0.25, 0.3) is 0 Å². The number of nitrogens with zero attached hydrogens (tertiary/aromatic N) is 1. The number of piperidine rings is 1. The molecule has 3 nitrogen and oxygen atoms in total. The van der Waals surface area contributed by atoms with E-state index in [4.69, 9.17) is 0 Å². The van der Waals surface area contributed by atoms with Gasteiger partial charge in [0, 0.05) is 23.7 Å². The molecule has 0 saturated carbocycles. The van der Waals surface area contributed by atoms with Crippen molar-refractivity contribution < 1.29 is 13.6 Å². The van der Waals surface area contributed by atoms with Crippen LogP contribution in [0.15, 0.2) is 18.2 Å². The van der Waals surface area contributed by atoms with Gasteiger partial charge in [-0.15, -0.1) is 0 Å².